The van der Waals surface area contributed by atoms with Crippen molar-refractivity contribution in [2.45, 2.75) is 19.8 Å². The number of amides is 2. The zero-order chi connectivity index (χ0) is 15.8. The highest BCUT2D eigenvalue weighted by Crippen LogP contribution is 2.23. The number of nitrogens with one attached hydrogen (secondary N) is 2. The van der Waals surface area contributed by atoms with Gasteiger partial charge in [-0.15, -0.1) is 11.3 Å². The molecule has 2 N–H and O–H groups in total. The molecule has 1 aromatic heterocycles. The summed E-state index contributed by atoms with van der Waals surface area (Å²) in [6, 6.07) is 9.91. The molecule has 0 aliphatic rings. The molecule has 0 saturated carbocycles. The Labute approximate surface area is 133 Å². The van der Waals surface area contributed by atoms with Crippen LogP contribution in [0.1, 0.15) is 19.0 Å². The van der Waals surface area contributed by atoms with E-state index in [1.54, 1.807) is 11.3 Å². The first-order chi connectivity index (χ1) is 10.6. The van der Waals surface area contributed by atoms with Crippen molar-refractivity contribution in [3.8, 4) is 10.6 Å². The molecule has 0 atom stereocenters. The van der Waals surface area contributed by atoms with E-state index in [9.17, 15) is 9.59 Å². The number of hydrogen-bond acceptors (Lipinski definition) is 4. The first-order valence-corrected chi connectivity index (χ1v) is 8.04. The number of benzene rings is 1. The number of nitrogens with zero attached hydrogens (tertiary/aromatic N) is 1. The lowest BCUT2D eigenvalue weighted by Crippen LogP contribution is -2.29. The Bertz CT molecular complexity index is 625. The van der Waals surface area contributed by atoms with E-state index >= 15 is 0 Å². The van der Waals surface area contributed by atoms with E-state index < -0.39 is 0 Å². The van der Waals surface area contributed by atoms with Gasteiger partial charge in [-0.3, -0.25) is 9.59 Å². The van der Waals surface area contributed by atoms with E-state index in [2.05, 4.69) is 15.6 Å². The Morgan fingerprint density at radius 3 is 2.59 bits per heavy atom. The summed E-state index contributed by atoms with van der Waals surface area (Å²) in [5.74, 6) is -0.102. The SMILES string of the molecule is CC(=O)NCCCNC(=O)Cc1csc(-c2ccccc2)n1. The maximum Gasteiger partial charge on any atom is 0.226 e. The summed E-state index contributed by atoms with van der Waals surface area (Å²) < 4.78 is 0. The summed E-state index contributed by atoms with van der Waals surface area (Å²) >= 11 is 1.54. The summed E-state index contributed by atoms with van der Waals surface area (Å²) in [7, 11) is 0. The standard InChI is InChI=1S/C16H19N3O2S/c1-12(20)17-8-5-9-18-15(21)10-14-11-22-16(19-14)13-6-3-2-4-7-13/h2-4,6-7,11H,5,8-10H2,1H3,(H,17,20)(H,18,21). The fourth-order valence-corrected chi connectivity index (χ4v) is 2.73. The van der Waals surface area contributed by atoms with Crippen molar-refractivity contribution < 1.29 is 9.59 Å². The van der Waals surface area contributed by atoms with Crippen LogP contribution >= 0.6 is 11.3 Å². The van der Waals surface area contributed by atoms with Crippen molar-refractivity contribution in [2.75, 3.05) is 13.1 Å². The van der Waals surface area contributed by atoms with E-state index in [1.807, 2.05) is 35.7 Å². The minimum Gasteiger partial charge on any atom is -0.356 e. The molecule has 0 aliphatic carbocycles. The van der Waals surface area contributed by atoms with Gasteiger partial charge in [-0.1, -0.05) is 30.3 Å². The summed E-state index contributed by atoms with van der Waals surface area (Å²) in [6.07, 6.45) is 1.00. The van der Waals surface area contributed by atoms with Crippen LogP contribution in [0.5, 0.6) is 0 Å². The largest absolute Gasteiger partial charge is 0.356 e. The lowest BCUT2D eigenvalue weighted by Gasteiger charge is -2.04. The van der Waals surface area contributed by atoms with Gasteiger partial charge in [-0.05, 0) is 6.42 Å². The smallest absolute Gasteiger partial charge is 0.226 e. The highest BCUT2D eigenvalue weighted by atomic mass is 32.1. The molecule has 6 heteroatoms. The minimum absolute atomic E-state index is 0.0484. The fourth-order valence-electron chi connectivity index (χ4n) is 1.91. The molecule has 1 heterocycles. The van der Waals surface area contributed by atoms with Gasteiger partial charge in [0.15, 0.2) is 0 Å². The number of rotatable bonds is 7. The lowest BCUT2D eigenvalue weighted by molar-refractivity contribution is -0.120. The van der Waals surface area contributed by atoms with Crippen molar-refractivity contribution >= 4 is 23.2 Å². The van der Waals surface area contributed by atoms with Crippen LogP contribution in [0, 0.1) is 0 Å². The molecular formula is C16H19N3O2S. The molecular weight excluding hydrogens is 298 g/mol. The third kappa shape index (κ3) is 5.29. The maximum absolute atomic E-state index is 11.8. The normalized spacial score (nSPS) is 10.2. The van der Waals surface area contributed by atoms with Gasteiger partial charge < -0.3 is 10.6 Å². The summed E-state index contributed by atoms with van der Waals surface area (Å²) in [6.45, 7) is 2.60. The highest BCUT2D eigenvalue weighted by Gasteiger charge is 2.08. The minimum atomic E-state index is -0.0535. The van der Waals surface area contributed by atoms with E-state index in [0.29, 0.717) is 13.1 Å². The molecule has 5 nitrogen and oxygen atoms in total. The van der Waals surface area contributed by atoms with Crippen LogP contribution in [-0.4, -0.2) is 29.9 Å². The monoisotopic (exact) mass is 317 g/mol. The number of carbonyl (C=O) groups excluding carboxylic acids is 2. The van der Waals surface area contributed by atoms with Gasteiger partial charge in [-0.2, -0.15) is 0 Å². The van der Waals surface area contributed by atoms with Gasteiger partial charge in [0.25, 0.3) is 0 Å². The molecule has 2 amide bonds. The van der Waals surface area contributed by atoms with Crippen LogP contribution in [0.3, 0.4) is 0 Å². The summed E-state index contributed by atoms with van der Waals surface area (Å²) in [4.78, 5) is 27.0. The van der Waals surface area contributed by atoms with Gasteiger partial charge >= 0.3 is 0 Å². The van der Waals surface area contributed by atoms with Crippen molar-refractivity contribution in [3.63, 3.8) is 0 Å². The number of aromatic nitrogens is 1. The summed E-state index contributed by atoms with van der Waals surface area (Å²) in [5, 5.41) is 8.36. The average molecular weight is 317 g/mol. The second-order valence-corrected chi connectivity index (χ2v) is 5.73. The third-order valence-corrected chi connectivity index (χ3v) is 3.90. The van der Waals surface area contributed by atoms with Crippen LogP contribution in [0.25, 0.3) is 10.6 Å². The molecule has 1 aromatic carbocycles. The molecule has 0 saturated heterocycles. The van der Waals surface area contributed by atoms with Gasteiger partial charge in [-0.25, -0.2) is 4.98 Å². The van der Waals surface area contributed by atoms with E-state index in [-0.39, 0.29) is 18.2 Å². The van der Waals surface area contributed by atoms with Crippen LogP contribution in [0.4, 0.5) is 0 Å². The van der Waals surface area contributed by atoms with Crippen LogP contribution in [0.2, 0.25) is 0 Å². The molecule has 0 radical (unpaired) electrons. The molecule has 0 spiro atoms. The zero-order valence-electron chi connectivity index (χ0n) is 12.5. The third-order valence-electron chi connectivity index (χ3n) is 2.96. The van der Waals surface area contributed by atoms with Crippen molar-refractivity contribution in [2.24, 2.45) is 0 Å². The molecule has 116 valence electrons. The Morgan fingerprint density at radius 2 is 1.86 bits per heavy atom. The van der Waals surface area contributed by atoms with Crippen molar-refractivity contribution in [1.82, 2.24) is 15.6 Å². The topological polar surface area (TPSA) is 71.1 Å². The van der Waals surface area contributed by atoms with Crippen molar-refractivity contribution in [1.29, 1.82) is 0 Å². The van der Waals surface area contributed by atoms with E-state index in [4.69, 9.17) is 0 Å². The maximum atomic E-state index is 11.8. The van der Waals surface area contributed by atoms with E-state index in [1.165, 1.54) is 6.92 Å². The Balaban J connectivity index is 1.76. The molecule has 0 aliphatic heterocycles. The zero-order valence-corrected chi connectivity index (χ0v) is 13.3. The number of carbonyl (C=O) groups is 2. The number of hydrogen-bond donors (Lipinski definition) is 2. The Morgan fingerprint density at radius 1 is 1.14 bits per heavy atom. The van der Waals surface area contributed by atoms with Gasteiger partial charge in [0.05, 0.1) is 12.1 Å². The highest BCUT2D eigenvalue weighted by molar-refractivity contribution is 7.13. The summed E-state index contributed by atoms with van der Waals surface area (Å²) in [5.41, 5.74) is 1.85. The van der Waals surface area contributed by atoms with Crippen LogP contribution in [-0.2, 0) is 16.0 Å². The van der Waals surface area contributed by atoms with E-state index in [0.717, 1.165) is 22.7 Å². The van der Waals surface area contributed by atoms with Crippen LogP contribution < -0.4 is 10.6 Å². The second-order valence-electron chi connectivity index (χ2n) is 4.87. The predicted molar refractivity (Wildman–Crippen MR) is 87.6 cm³/mol. The molecule has 22 heavy (non-hydrogen) atoms. The van der Waals surface area contributed by atoms with Crippen molar-refractivity contribution in [3.05, 3.63) is 41.4 Å². The average Bonchev–Trinajstić information content (AvgIpc) is 2.96. The first-order valence-electron chi connectivity index (χ1n) is 7.16. The van der Waals surface area contributed by atoms with Gasteiger partial charge in [0, 0.05) is 31.0 Å². The number of thiazole rings is 1. The predicted octanol–water partition coefficient (Wildman–Crippen LogP) is 1.99. The molecule has 2 aromatic rings. The Hall–Kier alpha value is -2.21. The molecule has 0 fully saturated rings. The molecule has 0 bridgehead atoms. The quantitative estimate of drug-likeness (QED) is 0.767. The first kappa shape index (κ1) is 16.2. The molecule has 0 unspecified atom stereocenters. The molecule has 2 rings (SSSR count). The lowest BCUT2D eigenvalue weighted by atomic mass is 10.2. The fraction of sp³-hybridized carbons (Fsp3) is 0.312. The van der Waals surface area contributed by atoms with Gasteiger partial charge in [0.1, 0.15) is 5.01 Å². The van der Waals surface area contributed by atoms with Crippen LogP contribution in [0.15, 0.2) is 35.7 Å². The Kier molecular flexibility index (Phi) is 6.09. The second kappa shape index (κ2) is 8.29. The van der Waals surface area contributed by atoms with Gasteiger partial charge in [0.2, 0.25) is 11.8 Å².